The largest absolute Gasteiger partial charge is 0.460 e. The van der Waals surface area contributed by atoms with E-state index in [1.807, 2.05) is 0 Å². The second-order valence-corrected chi connectivity index (χ2v) is 10.1. The Morgan fingerprint density at radius 2 is 2.17 bits per heavy atom. The van der Waals surface area contributed by atoms with Gasteiger partial charge in [0.25, 0.3) is 0 Å². The summed E-state index contributed by atoms with van der Waals surface area (Å²) in [5, 5.41) is 16.4. The zero-order valence-electron chi connectivity index (χ0n) is 18.7. The molecule has 0 amide bonds. The number of furan rings is 1. The van der Waals surface area contributed by atoms with Gasteiger partial charge in [0.15, 0.2) is 11.6 Å². The Balaban J connectivity index is 1.54. The van der Waals surface area contributed by atoms with Crippen molar-refractivity contribution in [2.24, 2.45) is 16.0 Å². The molecule has 1 aliphatic carbocycles. The van der Waals surface area contributed by atoms with E-state index in [-0.39, 0.29) is 29.7 Å². The molecule has 1 fully saturated rings. The Kier molecular flexibility index (Phi) is 7.15. The third kappa shape index (κ3) is 6.00. The molecule has 3 N–H and O–H groups in total. The summed E-state index contributed by atoms with van der Waals surface area (Å²) >= 11 is 6.05. The topological polar surface area (TPSA) is 158 Å². The van der Waals surface area contributed by atoms with Crippen molar-refractivity contribution in [3.8, 4) is 0 Å². The van der Waals surface area contributed by atoms with Crippen molar-refractivity contribution in [2.45, 2.75) is 31.8 Å². The Bertz CT molecular complexity index is 1390. The highest BCUT2D eigenvalue weighted by Gasteiger charge is 2.30. The first-order valence-electron chi connectivity index (χ1n) is 10.7. The molecular formula is C23H23ClN4O6S. The number of nitrogens with two attached hydrogens (primary N) is 1. The quantitative estimate of drug-likeness (QED) is 0.430. The molecular weight excluding hydrogens is 496 g/mol. The van der Waals surface area contributed by atoms with Crippen LogP contribution in [-0.2, 0) is 20.1 Å². The fraction of sp³-hybridized carbons (Fsp3) is 0.304. The van der Waals surface area contributed by atoms with Crippen LogP contribution in [0.1, 0.15) is 53.4 Å². The summed E-state index contributed by atoms with van der Waals surface area (Å²) < 4.78 is 32.2. The van der Waals surface area contributed by atoms with Crippen LogP contribution in [0.15, 0.2) is 58.5 Å². The number of benzene rings is 1. The number of nitrogens with zero attached hydrogens (tertiary/aromatic N) is 3. The molecule has 2 aromatic heterocycles. The van der Waals surface area contributed by atoms with Crippen LogP contribution in [0.3, 0.4) is 0 Å². The Morgan fingerprint density at radius 3 is 2.91 bits per heavy atom. The van der Waals surface area contributed by atoms with Crippen molar-refractivity contribution < 1.29 is 26.9 Å². The average Bonchev–Trinajstić information content (AvgIpc) is 3.48. The van der Waals surface area contributed by atoms with E-state index in [1.165, 1.54) is 24.9 Å². The second kappa shape index (κ2) is 9.96. The molecule has 0 spiro atoms. The fourth-order valence-corrected chi connectivity index (χ4v) is 4.44. The van der Waals surface area contributed by atoms with Crippen LogP contribution in [-0.4, -0.2) is 41.6 Å². The third-order valence-electron chi connectivity index (χ3n) is 5.81. The van der Waals surface area contributed by atoms with Gasteiger partial charge in [0, 0.05) is 22.5 Å². The lowest BCUT2D eigenvalue weighted by molar-refractivity contribution is 0.100. The number of aromatic nitrogens is 2. The SMILES string of the molecule is CC(O)(c1cccc(Cl)c1)c1coc(C(=O)c2cncnc2N=C2CC[C@@H](COS(N)(=O)=O)C2)c1. The van der Waals surface area contributed by atoms with E-state index < -0.39 is 21.7 Å². The third-order valence-corrected chi connectivity index (χ3v) is 6.51. The normalized spacial score (nSPS) is 19.1. The molecule has 0 bridgehead atoms. The summed E-state index contributed by atoms with van der Waals surface area (Å²) in [4.78, 5) is 25.8. The molecule has 3 aromatic rings. The van der Waals surface area contributed by atoms with Gasteiger partial charge in [-0.25, -0.2) is 20.1 Å². The molecule has 10 nitrogen and oxygen atoms in total. The van der Waals surface area contributed by atoms with E-state index >= 15 is 0 Å². The van der Waals surface area contributed by atoms with E-state index in [1.54, 1.807) is 31.2 Å². The molecule has 2 atom stereocenters. The highest BCUT2D eigenvalue weighted by Crippen LogP contribution is 2.33. The summed E-state index contributed by atoms with van der Waals surface area (Å²) in [5.74, 6) is -0.392. The zero-order valence-corrected chi connectivity index (χ0v) is 20.3. The summed E-state index contributed by atoms with van der Waals surface area (Å²) in [6.45, 7) is 1.55. The lowest BCUT2D eigenvalue weighted by Gasteiger charge is -2.22. The summed E-state index contributed by atoms with van der Waals surface area (Å²) in [6.07, 6.45) is 5.70. The molecule has 0 aliphatic heterocycles. The highest BCUT2D eigenvalue weighted by atomic mass is 35.5. The smallest absolute Gasteiger partial charge is 0.333 e. The maximum atomic E-state index is 13.2. The van der Waals surface area contributed by atoms with Gasteiger partial charge in [0.05, 0.1) is 18.4 Å². The van der Waals surface area contributed by atoms with Crippen molar-refractivity contribution in [1.29, 1.82) is 0 Å². The summed E-state index contributed by atoms with van der Waals surface area (Å²) in [7, 11) is -4.01. The van der Waals surface area contributed by atoms with Crippen molar-refractivity contribution >= 4 is 39.2 Å². The van der Waals surface area contributed by atoms with Crippen molar-refractivity contribution in [2.75, 3.05) is 6.61 Å². The Labute approximate surface area is 207 Å². The van der Waals surface area contributed by atoms with Crippen LogP contribution in [0, 0.1) is 5.92 Å². The molecule has 12 heteroatoms. The van der Waals surface area contributed by atoms with Gasteiger partial charge in [-0.2, -0.15) is 8.42 Å². The minimum Gasteiger partial charge on any atom is -0.460 e. The van der Waals surface area contributed by atoms with Crippen LogP contribution in [0.25, 0.3) is 0 Å². The molecule has 35 heavy (non-hydrogen) atoms. The minimum absolute atomic E-state index is 0.00981. The monoisotopic (exact) mass is 518 g/mol. The van der Waals surface area contributed by atoms with E-state index in [0.29, 0.717) is 35.4 Å². The Hall–Kier alpha value is -2.96. The zero-order chi connectivity index (χ0) is 25.2. The molecule has 184 valence electrons. The number of carbonyl (C=O) groups is 1. The minimum atomic E-state index is -4.01. The molecule has 0 radical (unpaired) electrons. The molecule has 0 saturated heterocycles. The van der Waals surface area contributed by atoms with Crippen LogP contribution < -0.4 is 5.14 Å². The van der Waals surface area contributed by atoms with Crippen LogP contribution in [0.2, 0.25) is 5.02 Å². The van der Waals surface area contributed by atoms with Gasteiger partial charge >= 0.3 is 10.3 Å². The molecule has 1 aliphatic rings. The average molecular weight is 519 g/mol. The van der Waals surface area contributed by atoms with Crippen molar-refractivity contribution in [1.82, 2.24) is 9.97 Å². The first kappa shape index (κ1) is 25.1. The summed E-state index contributed by atoms with van der Waals surface area (Å²) in [5.41, 5.74) is 0.363. The lowest BCUT2D eigenvalue weighted by Crippen LogP contribution is -2.22. The van der Waals surface area contributed by atoms with E-state index in [4.69, 9.17) is 21.2 Å². The van der Waals surface area contributed by atoms with Gasteiger partial charge < -0.3 is 9.52 Å². The number of aliphatic imine (C=N–C) groups is 1. The standard InChI is InChI=1S/C23H23ClN4O6S/c1-23(30,15-3-2-4-17(24)8-15)16-9-20(33-12-16)21(29)19-10-26-13-27-22(19)28-18-6-5-14(7-18)11-34-35(25,31)32/h2-4,8-10,12-14,30H,5-7,11H2,1H3,(H2,25,31,32)/t14-,23?/m1/s1. The Morgan fingerprint density at radius 1 is 1.37 bits per heavy atom. The number of rotatable bonds is 8. The first-order chi connectivity index (χ1) is 16.5. The summed E-state index contributed by atoms with van der Waals surface area (Å²) in [6, 6.07) is 8.24. The van der Waals surface area contributed by atoms with Crippen LogP contribution in [0.5, 0.6) is 0 Å². The van der Waals surface area contributed by atoms with Gasteiger partial charge in [0.1, 0.15) is 11.9 Å². The van der Waals surface area contributed by atoms with Gasteiger partial charge in [-0.1, -0.05) is 23.7 Å². The van der Waals surface area contributed by atoms with Crippen LogP contribution >= 0.6 is 11.6 Å². The molecule has 1 unspecified atom stereocenters. The maximum Gasteiger partial charge on any atom is 0.333 e. The second-order valence-electron chi connectivity index (χ2n) is 8.44. The highest BCUT2D eigenvalue weighted by molar-refractivity contribution is 7.84. The number of hydrogen-bond acceptors (Lipinski definition) is 9. The molecule has 4 rings (SSSR count). The van der Waals surface area contributed by atoms with E-state index in [2.05, 4.69) is 19.1 Å². The number of aliphatic hydroxyl groups is 1. The molecule has 1 saturated carbocycles. The number of hydrogen-bond donors (Lipinski definition) is 2. The number of halogens is 1. The van der Waals surface area contributed by atoms with Crippen molar-refractivity contribution in [3.05, 3.63) is 76.6 Å². The van der Waals surface area contributed by atoms with Crippen molar-refractivity contribution in [3.63, 3.8) is 0 Å². The predicted octanol–water partition coefficient (Wildman–Crippen LogP) is 3.30. The van der Waals surface area contributed by atoms with Crippen LogP contribution in [0.4, 0.5) is 5.82 Å². The van der Waals surface area contributed by atoms with Gasteiger partial charge in [-0.3, -0.25) is 8.98 Å². The lowest BCUT2D eigenvalue weighted by atomic mass is 9.90. The number of ketones is 1. The van der Waals surface area contributed by atoms with Gasteiger partial charge in [0.2, 0.25) is 5.78 Å². The van der Waals surface area contributed by atoms with Gasteiger partial charge in [-0.15, -0.1) is 0 Å². The van der Waals surface area contributed by atoms with E-state index in [9.17, 15) is 18.3 Å². The first-order valence-corrected chi connectivity index (χ1v) is 12.5. The fourth-order valence-electron chi connectivity index (χ4n) is 3.87. The van der Waals surface area contributed by atoms with Gasteiger partial charge in [-0.05, 0) is 55.9 Å². The predicted molar refractivity (Wildman–Crippen MR) is 128 cm³/mol. The number of carbonyl (C=O) groups excluding carboxylic acids is 1. The maximum absolute atomic E-state index is 13.2. The molecule has 2 heterocycles. The van der Waals surface area contributed by atoms with E-state index in [0.717, 1.165) is 5.71 Å². The molecule has 1 aromatic carbocycles.